The van der Waals surface area contributed by atoms with Gasteiger partial charge in [-0.2, -0.15) is 0 Å². The van der Waals surface area contributed by atoms with Crippen molar-refractivity contribution in [2.24, 2.45) is 0 Å². The highest BCUT2D eigenvalue weighted by Gasteiger charge is 2.17. The zero-order valence-electron chi connectivity index (χ0n) is 7.14. The van der Waals surface area contributed by atoms with Gasteiger partial charge in [-0.1, -0.05) is 23.3 Å². The maximum Gasteiger partial charge on any atom is 0.405 e. The molecule has 7 nitrogen and oxygen atoms in total. The van der Waals surface area contributed by atoms with Crippen LogP contribution in [0.5, 0.6) is 0 Å². The molecule has 0 aliphatic carbocycles. The summed E-state index contributed by atoms with van der Waals surface area (Å²) in [5, 5.41) is 19.0. The molecule has 4 N–H and O–H groups in total. The highest BCUT2D eigenvalue weighted by atomic mass is 32.2. The van der Waals surface area contributed by atoms with Gasteiger partial charge in [-0.15, -0.1) is 0 Å². The van der Waals surface area contributed by atoms with Crippen molar-refractivity contribution < 1.29 is 19.8 Å². The van der Waals surface area contributed by atoms with Gasteiger partial charge in [-0.3, -0.25) is 9.17 Å². The van der Waals surface area contributed by atoms with Gasteiger partial charge in [-0.05, 0) is 0 Å². The van der Waals surface area contributed by atoms with E-state index in [2.05, 4.69) is 4.37 Å². The second-order valence-electron chi connectivity index (χ2n) is 2.27. The molecule has 0 bridgehead atoms. The number of nitrogens with one attached hydrogen (secondary N) is 2. The van der Waals surface area contributed by atoms with Crippen LogP contribution >= 0.6 is 23.3 Å². The van der Waals surface area contributed by atoms with E-state index in [1.807, 2.05) is 5.32 Å². The average Bonchev–Trinajstić information content (AvgIpc) is 2.46. The summed E-state index contributed by atoms with van der Waals surface area (Å²) in [6.45, 7) is 0. The molecule has 0 saturated heterocycles. The third kappa shape index (κ3) is 2.99. The van der Waals surface area contributed by atoms with Gasteiger partial charge in [0.2, 0.25) is 0 Å². The zero-order valence-corrected chi connectivity index (χ0v) is 8.78. The molecular weight excluding hydrogens is 244 g/mol. The van der Waals surface area contributed by atoms with Crippen LogP contribution in [0.2, 0.25) is 0 Å². The Hall–Kier alpha value is -1.48. The molecule has 0 fully saturated rings. The molecule has 82 valence electrons. The average molecular weight is 250 g/mol. The Morgan fingerprint density at radius 3 is 2.67 bits per heavy atom. The summed E-state index contributed by atoms with van der Waals surface area (Å²) in [7, 11) is 0. The summed E-state index contributed by atoms with van der Waals surface area (Å²) in [4.78, 5) is 31.7. The Kier molecular flexibility index (Phi) is 3.74. The molecule has 0 radical (unpaired) electrons. The normalized spacial score (nSPS) is 9.87. The Morgan fingerprint density at radius 1 is 1.47 bits per heavy atom. The molecule has 1 rings (SSSR count). The Morgan fingerprint density at radius 2 is 2.13 bits per heavy atom. The lowest BCUT2D eigenvalue weighted by molar-refractivity contribution is 0.0692. The molecule has 1 aromatic heterocycles. The van der Waals surface area contributed by atoms with Crippen molar-refractivity contribution in [3.05, 3.63) is 15.9 Å². The highest BCUT2D eigenvalue weighted by Crippen LogP contribution is 2.23. The van der Waals surface area contributed by atoms with E-state index < -0.39 is 17.6 Å². The molecule has 0 atom stereocenters. The molecule has 15 heavy (non-hydrogen) atoms. The van der Waals surface area contributed by atoms with Crippen molar-refractivity contribution in [1.82, 2.24) is 9.69 Å². The SMILES string of the molecule is O=C(O)NCSc1s[nH]c(=O)c1C(=O)O. The fraction of sp³-hybridized carbons (Fsp3) is 0.167. The number of aromatic nitrogens is 1. The number of amides is 1. The van der Waals surface area contributed by atoms with E-state index >= 15 is 0 Å². The van der Waals surface area contributed by atoms with Crippen LogP contribution in [-0.4, -0.2) is 32.5 Å². The van der Waals surface area contributed by atoms with Crippen LogP contribution in [0.3, 0.4) is 0 Å². The minimum Gasteiger partial charge on any atom is -0.477 e. The number of carboxylic acids is 1. The predicted octanol–water partition coefficient (Wildman–Crippen LogP) is 0.452. The van der Waals surface area contributed by atoms with Crippen molar-refractivity contribution >= 4 is 35.4 Å². The van der Waals surface area contributed by atoms with Gasteiger partial charge in [0.25, 0.3) is 5.56 Å². The minimum absolute atomic E-state index is 0.0105. The van der Waals surface area contributed by atoms with E-state index in [-0.39, 0.29) is 15.6 Å². The van der Waals surface area contributed by atoms with Crippen LogP contribution in [0.1, 0.15) is 10.4 Å². The van der Waals surface area contributed by atoms with Crippen LogP contribution < -0.4 is 10.9 Å². The van der Waals surface area contributed by atoms with E-state index in [1.54, 1.807) is 0 Å². The summed E-state index contributed by atoms with van der Waals surface area (Å²) in [5.74, 6) is -1.33. The van der Waals surface area contributed by atoms with Gasteiger partial charge in [0.05, 0.1) is 10.1 Å². The van der Waals surface area contributed by atoms with Crippen molar-refractivity contribution in [2.45, 2.75) is 4.21 Å². The van der Waals surface area contributed by atoms with Crippen LogP contribution in [-0.2, 0) is 0 Å². The molecule has 0 aliphatic rings. The van der Waals surface area contributed by atoms with Crippen molar-refractivity contribution in [1.29, 1.82) is 0 Å². The quantitative estimate of drug-likeness (QED) is 0.455. The number of aromatic amines is 1. The first-order chi connectivity index (χ1) is 7.02. The first kappa shape index (κ1) is 11.6. The molecule has 1 heterocycles. The van der Waals surface area contributed by atoms with Crippen molar-refractivity contribution in [3.63, 3.8) is 0 Å². The van der Waals surface area contributed by atoms with Crippen LogP contribution in [0.4, 0.5) is 4.79 Å². The van der Waals surface area contributed by atoms with Crippen LogP contribution in [0.15, 0.2) is 9.00 Å². The first-order valence-electron chi connectivity index (χ1n) is 3.56. The molecule has 0 unspecified atom stereocenters. The topological polar surface area (TPSA) is 119 Å². The van der Waals surface area contributed by atoms with Crippen molar-refractivity contribution in [2.75, 3.05) is 5.88 Å². The summed E-state index contributed by atoms with van der Waals surface area (Å²) >= 11 is 1.81. The molecule has 0 spiro atoms. The fourth-order valence-corrected chi connectivity index (χ4v) is 2.49. The smallest absolute Gasteiger partial charge is 0.405 e. The molecule has 0 saturated carbocycles. The number of aromatic carboxylic acids is 1. The van der Waals surface area contributed by atoms with Gasteiger partial charge in [-0.25, -0.2) is 9.59 Å². The largest absolute Gasteiger partial charge is 0.477 e. The molecular formula is C6H6N2O5S2. The molecule has 0 aromatic carbocycles. The second kappa shape index (κ2) is 4.84. The Balaban J connectivity index is 2.73. The monoisotopic (exact) mass is 250 g/mol. The van der Waals surface area contributed by atoms with E-state index in [1.165, 1.54) is 0 Å². The minimum atomic E-state index is -1.32. The predicted molar refractivity (Wildman–Crippen MR) is 53.8 cm³/mol. The Labute approximate surface area is 91.3 Å². The Bertz CT molecular complexity index is 437. The van der Waals surface area contributed by atoms with Gasteiger partial charge in [0, 0.05) is 0 Å². The zero-order chi connectivity index (χ0) is 11.4. The number of hydrogen-bond acceptors (Lipinski definition) is 5. The van der Waals surface area contributed by atoms with E-state index in [9.17, 15) is 14.4 Å². The van der Waals surface area contributed by atoms with E-state index in [0.29, 0.717) is 0 Å². The number of carboxylic acid groups (broad SMARTS) is 2. The lowest BCUT2D eigenvalue weighted by Gasteiger charge is -1.98. The van der Waals surface area contributed by atoms with Gasteiger partial charge in [0.1, 0.15) is 0 Å². The molecule has 1 amide bonds. The van der Waals surface area contributed by atoms with Gasteiger partial charge < -0.3 is 15.5 Å². The number of rotatable bonds is 4. The maximum absolute atomic E-state index is 11.0. The summed E-state index contributed by atoms with van der Waals surface area (Å²) in [5.41, 5.74) is -1.03. The highest BCUT2D eigenvalue weighted by molar-refractivity contribution is 8.01. The second-order valence-corrected chi connectivity index (χ2v) is 4.33. The lowest BCUT2D eigenvalue weighted by Crippen LogP contribution is -2.20. The standard InChI is InChI=1S/C6H6N2O5S2/c9-3-2(4(10)11)5(15-8-3)14-1-7-6(12)13/h7H,1H2,(H,8,9)(H,10,11)(H,12,13). The molecule has 9 heteroatoms. The number of carbonyl (C=O) groups is 2. The third-order valence-corrected chi connectivity index (χ3v) is 3.34. The lowest BCUT2D eigenvalue weighted by atomic mass is 10.4. The maximum atomic E-state index is 11.0. The van der Waals surface area contributed by atoms with E-state index in [0.717, 1.165) is 23.3 Å². The van der Waals surface area contributed by atoms with Gasteiger partial charge >= 0.3 is 12.1 Å². The van der Waals surface area contributed by atoms with Gasteiger partial charge in [0.15, 0.2) is 5.56 Å². The van der Waals surface area contributed by atoms with Crippen LogP contribution in [0, 0.1) is 0 Å². The summed E-state index contributed by atoms with van der Waals surface area (Å²) in [6.07, 6.45) is -1.21. The van der Waals surface area contributed by atoms with Crippen molar-refractivity contribution in [3.8, 4) is 0 Å². The molecule has 1 aromatic rings. The first-order valence-corrected chi connectivity index (χ1v) is 5.37. The summed E-state index contributed by atoms with van der Waals surface area (Å²) < 4.78 is 2.52. The number of thioether (sulfide) groups is 1. The van der Waals surface area contributed by atoms with Crippen LogP contribution in [0.25, 0.3) is 0 Å². The molecule has 0 aliphatic heterocycles. The fourth-order valence-electron chi connectivity index (χ4n) is 0.737. The number of hydrogen-bond donors (Lipinski definition) is 4. The third-order valence-electron chi connectivity index (χ3n) is 1.31. The number of H-pyrrole nitrogens is 1. The van der Waals surface area contributed by atoms with E-state index in [4.69, 9.17) is 10.2 Å². The summed E-state index contributed by atoms with van der Waals surface area (Å²) in [6, 6.07) is 0.